The largest absolute Gasteiger partial charge is 0.347 e. The second-order valence-electron chi connectivity index (χ2n) is 3.82. The molecule has 1 rings (SSSR count). The predicted octanol–water partition coefficient (Wildman–Crippen LogP) is 0.713. The third-order valence-corrected chi connectivity index (χ3v) is 3.35. The second kappa shape index (κ2) is 7.34. The molecule has 1 heterocycles. The second-order valence-corrected chi connectivity index (χ2v) is 5.14. The van der Waals surface area contributed by atoms with Crippen LogP contribution >= 0.6 is 11.8 Å². The number of nitrogens with one attached hydrogen (secondary N) is 1. The fourth-order valence-corrected chi connectivity index (χ4v) is 2.06. The number of carbonyl (C=O) groups excluding carboxylic acids is 1. The molecule has 0 bridgehead atoms. The Hall–Kier alpha value is -1.01. The lowest BCUT2D eigenvalue weighted by atomic mass is 10.3. The van der Waals surface area contributed by atoms with Gasteiger partial charge in [0.25, 0.3) is 5.91 Å². The molecular weight excluding hydrogens is 236 g/mol. The van der Waals surface area contributed by atoms with Gasteiger partial charge < -0.3 is 15.6 Å². The van der Waals surface area contributed by atoms with Crippen molar-refractivity contribution in [2.24, 2.45) is 5.73 Å². The molecule has 1 atom stereocenters. The number of amides is 1. The van der Waals surface area contributed by atoms with E-state index in [2.05, 4.69) is 17.2 Å². The summed E-state index contributed by atoms with van der Waals surface area (Å²) in [6.45, 7) is 5.33. The molecular formula is C11H20N4OS. The fourth-order valence-electron chi connectivity index (χ4n) is 1.38. The zero-order valence-electron chi connectivity index (χ0n) is 10.3. The molecule has 0 radical (unpaired) electrons. The van der Waals surface area contributed by atoms with Crippen LogP contribution in [0.15, 0.2) is 12.5 Å². The van der Waals surface area contributed by atoms with Gasteiger partial charge in [-0.25, -0.2) is 4.98 Å². The van der Waals surface area contributed by atoms with Crippen molar-refractivity contribution in [2.45, 2.75) is 26.4 Å². The van der Waals surface area contributed by atoms with Crippen molar-refractivity contribution in [2.75, 3.05) is 18.1 Å². The fraction of sp³-hybridized carbons (Fsp3) is 0.636. The smallest absolute Gasteiger partial charge is 0.271 e. The average molecular weight is 256 g/mol. The monoisotopic (exact) mass is 256 g/mol. The number of imidazole rings is 1. The van der Waals surface area contributed by atoms with Crippen molar-refractivity contribution in [3.63, 3.8) is 0 Å². The number of nitrogens with two attached hydrogens (primary N) is 1. The maximum absolute atomic E-state index is 11.8. The third kappa shape index (κ3) is 4.79. The van der Waals surface area contributed by atoms with Crippen molar-refractivity contribution < 1.29 is 4.79 Å². The van der Waals surface area contributed by atoms with Gasteiger partial charge in [0, 0.05) is 31.1 Å². The highest BCUT2D eigenvalue weighted by Crippen LogP contribution is 2.03. The molecule has 1 aromatic rings. The summed E-state index contributed by atoms with van der Waals surface area (Å²) in [7, 11) is 0. The van der Waals surface area contributed by atoms with Crippen molar-refractivity contribution in [3.05, 3.63) is 18.2 Å². The number of rotatable bonds is 7. The molecule has 0 saturated carbocycles. The number of nitrogens with zero attached hydrogens (tertiary/aromatic N) is 2. The van der Waals surface area contributed by atoms with Crippen molar-refractivity contribution in [1.29, 1.82) is 0 Å². The lowest BCUT2D eigenvalue weighted by Crippen LogP contribution is -2.34. The van der Waals surface area contributed by atoms with E-state index in [0.717, 1.165) is 11.5 Å². The first-order valence-corrected chi connectivity index (χ1v) is 6.93. The van der Waals surface area contributed by atoms with E-state index in [1.54, 1.807) is 12.5 Å². The summed E-state index contributed by atoms with van der Waals surface area (Å²) in [5.74, 6) is 1.86. The van der Waals surface area contributed by atoms with Crippen molar-refractivity contribution in [3.8, 4) is 0 Å². The highest BCUT2D eigenvalue weighted by atomic mass is 32.2. The van der Waals surface area contributed by atoms with Crippen molar-refractivity contribution >= 4 is 17.7 Å². The molecule has 1 aromatic heterocycles. The van der Waals surface area contributed by atoms with Gasteiger partial charge in [-0.1, -0.05) is 6.92 Å². The summed E-state index contributed by atoms with van der Waals surface area (Å²) >= 11 is 1.81. The van der Waals surface area contributed by atoms with E-state index in [-0.39, 0.29) is 11.9 Å². The summed E-state index contributed by atoms with van der Waals surface area (Å²) in [5, 5.41) is 2.92. The summed E-state index contributed by atoms with van der Waals surface area (Å²) < 4.78 is 1.82. The maximum atomic E-state index is 11.8. The Balaban J connectivity index is 2.45. The van der Waals surface area contributed by atoms with Gasteiger partial charge in [-0.3, -0.25) is 4.79 Å². The SMILES string of the molecule is CCSCC(C)NC(=O)c1cn(CCN)cn1. The minimum absolute atomic E-state index is 0.120. The lowest BCUT2D eigenvalue weighted by molar-refractivity contribution is 0.0939. The topological polar surface area (TPSA) is 72.9 Å². The first-order chi connectivity index (χ1) is 8.17. The summed E-state index contributed by atoms with van der Waals surface area (Å²) in [5.41, 5.74) is 5.88. The normalized spacial score (nSPS) is 12.4. The van der Waals surface area contributed by atoms with Crippen LogP contribution in [0.4, 0.5) is 0 Å². The van der Waals surface area contributed by atoms with Crippen LogP contribution in [-0.4, -0.2) is 39.6 Å². The van der Waals surface area contributed by atoms with Gasteiger partial charge in [0.1, 0.15) is 5.69 Å². The molecule has 0 fully saturated rings. The molecule has 3 N–H and O–H groups in total. The number of carbonyl (C=O) groups is 1. The van der Waals surface area contributed by atoms with Crippen LogP contribution in [0, 0.1) is 0 Å². The van der Waals surface area contributed by atoms with E-state index in [1.165, 1.54) is 0 Å². The molecule has 0 aliphatic rings. The van der Waals surface area contributed by atoms with Crippen LogP contribution in [0.2, 0.25) is 0 Å². The van der Waals surface area contributed by atoms with E-state index in [0.29, 0.717) is 18.8 Å². The summed E-state index contributed by atoms with van der Waals surface area (Å²) in [6, 6.07) is 0.159. The van der Waals surface area contributed by atoms with E-state index in [9.17, 15) is 4.79 Å². The van der Waals surface area contributed by atoms with Crippen molar-refractivity contribution in [1.82, 2.24) is 14.9 Å². The highest BCUT2D eigenvalue weighted by molar-refractivity contribution is 7.99. The molecule has 96 valence electrons. The van der Waals surface area contributed by atoms with Gasteiger partial charge in [-0.2, -0.15) is 11.8 Å². The van der Waals surface area contributed by atoms with E-state index >= 15 is 0 Å². The van der Waals surface area contributed by atoms with Gasteiger partial charge >= 0.3 is 0 Å². The molecule has 0 aliphatic heterocycles. The molecule has 0 saturated heterocycles. The molecule has 1 unspecified atom stereocenters. The van der Waals surface area contributed by atoms with Crippen LogP contribution in [0.3, 0.4) is 0 Å². The van der Waals surface area contributed by atoms with Crippen LogP contribution < -0.4 is 11.1 Å². The first-order valence-electron chi connectivity index (χ1n) is 5.77. The Bertz CT molecular complexity index is 353. The molecule has 17 heavy (non-hydrogen) atoms. The van der Waals surface area contributed by atoms with E-state index < -0.39 is 0 Å². The minimum Gasteiger partial charge on any atom is -0.347 e. The van der Waals surface area contributed by atoms with Gasteiger partial charge in [-0.15, -0.1) is 0 Å². The quantitative estimate of drug-likeness (QED) is 0.753. The number of hydrogen-bond donors (Lipinski definition) is 2. The minimum atomic E-state index is -0.120. The Morgan fingerprint density at radius 3 is 3.12 bits per heavy atom. The van der Waals surface area contributed by atoms with Crippen LogP contribution in [-0.2, 0) is 6.54 Å². The standard InChI is InChI=1S/C11H20N4OS/c1-3-17-7-9(2)14-11(16)10-6-15(5-4-12)8-13-10/h6,8-9H,3-5,7,12H2,1-2H3,(H,14,16). The highest BCUT2D eigenvalue weighted by Gasteiger charge is 2.12. The number of thioether (sulfide) groups is 1. The Kier molecular flexibility index (Phi) is 6.07. The van der Waals surface area contributed by atoms with Crippen LogP contribution in [0.25, 0.3) is 0 Å². The number of aromatic nitrogens is 2. The molecule has 6 heteroatoms. The molecule has 0 spiro atoms. The molecule has 0 aromatic carbocycles. The van der Waals surface area contributed by atoms with Gasteiger partial charge in [0.2, 0.25) is 0 Å². The maximum Gasteiger partial charge on any atom is 0.271 e. The first kappa shape index (κ1) is 14.1. The van der Waals surface area contributed by atoms with Crippen LogP contribution in [0.5, 0.6) is 0 Å². The third-order valence-electron chi connectivity index (χ3n) is 2.20. The molecule has 0 aliphatic carbocycles. The summed E-state index contributed by atoms with van der Waals surface area (Å²) in [6.07, 6.45) is 3.36. The molecule has 5 nitrogen and oxygen atoms in total. The Morgan fingerprint density at radius 1 is 1.71 bits per heavy atom. The summed E-state index contributed by atoms with van der Waals surface area (Å²) in [4.78, 5) is 15.9. The lowest BCUT2D eigenvalue weighted by Gasteiger charge is -2.11. The van der Waals surface area contributed by atoms with Gasteiger partial charge in [0.15, 0.2) is 0 Å². The Labute approximate surface area is 106 Å². The zero-order valence-corrected chi connectivity index (χ0v) is 11.2. The zero-order chi connectivity index (χ0) is 12.7. The van der Waals surface area contributed by atoms with E-state index in [1.807, 2.05) is 23.3 Å². The van der Waals surface area contributed by atoms with E-state index in [4.69, 9.17) is 5.73 Å². The average Bonchev–Trinajstić information content (AvgIpc) is 2.75. The predicted molar refractivity (Wildman–Crippen MR) is 71.2 cm³/mol. The Morgan fingerprint density at radius 2 is 2.47 bits per heavy atom. The van der Waals surface area contributed by atoms with Gasteiger partial charge in [-0.05, 0) is 12.7 Å². The van der Waals surface area contributed by atoms with Gasteiger partial charge in [0.05, 0.1) is 6.33 Å². The molecule has 1 amide bonds. The van der Waals surface area contributed by atoms with Crippen LogP contribution in [0.1, 0.15) is 24.3 Å². The number of hydrogen-bond acceptors (Lipinski definition) is 4.